The maximum Gasteiger partial charge on any atom is 0.309 e. The van der Waals surface area contributed by atoms with E-state index in [1.807, 2.05) is 62.4 Å². The lowest BCUT2D eigenvalue weighted by Crippen LogP contribution is -2.14. The molecule has 4 nitrogen and oxygen atoms in total. The topological polar surface area (TPSA) is 44.8 Å². The highest BCUT2D eigenvalue weighted by molar-refractivity contribution is 5.69. The molecule has 0 heterocycles. The summed E-state index contributed by atoms with van der Waals surface area (Å²) in [4.78, 5) is 11.6. The zero-order valence-electron chi connectivity index (χ0n) is 13.6. The number of hydrogen-bond donors (Lipinski definition) is 0. The van der Waals surface area contributed by atoms with E-state index in [1.165, 1.54) is 11.1 Å². The van der Waals surface area contributed by atoms with Gasteiger partial charge in [-0.15, -0.1) is 0 Å². The molecule has 0 amide bonds. The number of ether oxygens (including phenoxy) is 3. The smallest absolute Gasteiger partial charge is 0.309 e. The Balaban J connectivity index is 1.56. The minimum absolute atomic E-state index is 0.221. The molecule has 2 aromatic rings. The van der Waals surface area contributed by atoms with Crippen molar-refractivity contribution < 1.29 is 19.0 Å². The summed E-state index contributed by atoms with van der Waals surface area (Å²) in [5.74, 6) is 1.24. The molecule has 2 rings (SSSR count). The fourth-order valence-corrected chi connectivity index (χ4v) is 1.91. The van der Waals surface area contributed by atoms with Crippen LogP contribution in [0.1, 0.15) is 17.5 Å². The average molecular weight is 314 g/mol. The van der Waals surface area contributed by atoms with Gasteiger partial charge in [-0.25, -0.2) is 0 Å². The van der Waals surface area contributed by atoms with Gasteiger partial charge in [0.1, 0.15) is 24.7 Å². The maximum absolute atomic E-state index is 11.6. The van der Waals surface area contributed by atoms with Crippen LogP contribution in [-0.4, -0.2) is 25.8 Å². The van der Waals surface area contributed by atoms with E-state index in [0.29, 0.717) is 13.2 Å². The Morgan fingerprint density at radius 3 is 1.74 bits per heavy atom. The van der Waals surface area contributed by atoms with Gasteiger partial charge < -0.3 is 14.2 Å². The Kier molecular flexibility index (Phi) is 6.48. The molecule has 23 heavy (non-hydrogen) atoms. The van der Waals surface area contributed by atoms with Gasteiger partial charge in [-0.2, -0.15) is 0 Å². The van der Waals surface area contributed by atoms with E-state index in [1.54, 1.807) is 0 Å². The molecule has 0 aliphatic carbocycles. The monoisotopic (exact) mass is 314 g/mol. The summed E-state index contributed by atoms with van der Waals surface area (Å²) in [6.45, 7) is 4.91. The summed E-state index contributed by atoms with van der Waals surface area (Å²) in [5.41, 5.74) is 2.35. The van der Waals surface area contributed by atoms with Crippen molar-refractivity contribution in [1.29, 1.82) is 0 Å². The van der Waals surface area contributed by atoms with Gasteiger partial charge in [0.2, 0.25) is 0 Å². The summed E-state index contributed by atoms with van der Waals surface area (Å²) in [7, 11) is 0. The van der Waals surface area contributed by atoms with Crippen LogP contribution in [0.2, 0.25) is 0 Å². The van der Waals surface area contributed by atoms with Crippen LogP contribution in [0.4, 0.5) is 0 Å². The first-order chi connectivity index (χ1) is 11.1. The molecule has 0 saturated carbocycles. The van der Waals surface area contributed by atoms with E-state index in [4.69, 9.17) is 14.2 Å². The molecule has 0 N–H and O–H groups in total. The second-order valence-electron chi connectivity index (χ2n) is 5.29. The number of carbonyl (C=O) groups excluding carboxylic acids is 1. The van der Waals surface area contributed by atoms with Crippen LogP contribution >= 0.6 is 0 Å². The Bertz CT molecular complexity index is 602. The van der Waals surface area contributed by atoms with E-state index >= 15 is 0 Å². The lowest BCUT2D eigenvalue weighted by Gasteiger charge is -2.08. The Labute approximate surface area is 137 Å². The summed E-state index contributed by atoms with van der Waals surface area (Å²) in [6.07, 6.45) is 0.221. The number of benzene rings is 2. The highest BCUT2D eigenvalue weighted by Gasteiger charge is 2.04. The van der Waals surface area contributed by atoms with Gasteiger partial charge in [0.25, 0.3) is 0 Å². The normalized spacial score (nSPS) is 10.2. The molecule has 0 spiro atoms. The summed E-state index contributed by atoms with van der Waals surface area (Å²) in [6, 6.07) is 15.4. The van der Waals surface area contributed by atoms with Crippen LogP contribution < -0.4 is 9.47 Å². The van der Waals surface area contributed by atoms with E-state index < -0.39 is 0 Å². The first-order valence-corrected chi connectivity index (χ1v) is 7.68. The first kappa shape index (κ1) is 16.9. The second kappa shape index (κ2) is 8.83. The van der Waals surface area contributed by atoms with Gasteiger partial charge in [-0.3, -0.25) is 4.79 Å². The third-order valence-electron chi connectivity index (χ3n) is 3.23. The van der Waals surface area contributed by atoms with Crippen LogP contribution in [0.15, 0.2) is 48.5 Å². The lowest BCUT2D eigenvalue weighted by atomic mass is 10.2. The second-order valence-corrected chi connectivity index (χ2v) is 5.29. The van der Waals surface area contributed by atoms with Crippen molar-refractivity contribution in [3.8, 4) is 11.5 Å². The van der Waals surface area contributed by atoms with Crippen LogP contribution in [0, 0.1) is 13.8 Å². The first-order valence-electron chi connectivity index (χ1n) is 7.68. The highest BCUT2D eigenvalue weighted by Crippen LogP contribution is 2.12. The van der Waals surface area contributed by atoms with Crippen molar-refractivity contribution in [2.75, 3.05) is 19.8 Å². The standard InChI is InChI=1S/C19H22O4/c1-15-3-7-17(8-4-15)21-12-11-19(20)23-14-13-22-18-9-5-16(2)6-10-18/h3-10H,11-14H2,1-2H3. The quantitative estimate of drug-likeness (QED) is 0.550. The Morgan fingerprint density at radius 2 is 1.22 bits per heavy atom. The molecule has 0 unspecified atom stereocenters. The molecule has 0 aromatic heterocycles. The zero-order valence-corrected chi connectivity index (χ0v) is 13.6. The molecule has 0 saturated heterocycles. The molecule has 0 atom stereocenters. The summed E-state index contributed by atoms with van der Waals surface area (Å²) in [5, 5.41) is 0. The van der Waals surface area contributed by atoms with Crippen LogP contribution in [0.3, 0.4) is 0 Å². The number of rotatable bonds is 8. The molecule has 0 fully saturated rings. The van der Waals surface area contributed by atoms with Gasteiger partial charge in [0.15, 0.2) is 0 Å². The molecule has 0 radical (unpaired) electrons. The van der Waals surface area contributed by atoms with Gasteiger partial charge in [-0.1, -0.05) is 35.4 Å². The van der Waals surface area contributed by atoms with Crippen molar-refractivity contribution in [2.45, 2.75) is 20.3 Å². The van der Waals surface area contributed by atoms with E-state index in [9.17, 15) is 4.79 Å². The molecule has 122 valence electrons. The van der Waals surface area contributed by atoms with Crippen molar-refractivity contribution >= 4 is 5.97 Å². The van der Waals surface area contributed by atoms with Crippen molar-refractivity contribution in [3.63, 3.8) is 0 Å². The van der Waals surface area contributed by atoms with Gasteiger partial charge in [0, 0.05) is 0 Å². The number of aryl methyl sites for hydroxylation is 2. The third-order valence-corrected chi connectivity index (χ3v) is 3.23. The third kappa shape index (κ3) is 6.43. The fourth-order valence-electron chi connectivity index (χ4n) is 1.91. The minimum atomic E-state index is -0.287. The summed E-state index contributed by atoms with van der Waals surface area (Å²) < 4.78 is 16.1. The van der Waals surface area contributed by atoms with Crippen LogP contribution in [-0.2, 0) is 9.53 Å². The predicted molar refractivity (Wildman–Crippen MR) is 88.9 cm³/mol. The van der Waals surface area contributed by atoms with Crippen molar-refractivity contribution in [1.82, 2.24) is 0 Å². The van der Waals surface area contributed by atoms with Crippen molar-refractivity contribution in [2.24, 2.45) is 0 Å². The van der Waals surface area contributed by atoms with Gasteiger partial charge in [-0.05, 0) is 38.1 Å². The molecular formula is C19H22O4. The maximum atomic E-state index is 11.6. The number of esters is 1. The molecular weight excluding hydrogens is 292 g/mol. The highest BCUT2D eigenvalue weighted by atomic mass is 16.6. The largest absolute Gasteiger partial charge is 0.493 e. The van der Waals surface area contributed by atoms with Crippen LogP contribution in [0.25, 0.3) is 0 Å². The van der Waals surface area contributed by atoms with Crippen LogP contribution in [0.5, 0.6) is 11.5 Å². The van der Waals surface area contributed by atoms with E-state index in [2.05, 4.69) is 0 Å². The van der Waals surface area contributed by atoms with Gasteiger partial charge >= 0.3 is 5.97 Å². The number of carbonyl (C=O) groups is 1. The minimum Gasteiger partial charge on any atom is -0.493 e. The SMILES string of the molecule is Cc1ccc(OCCOC(=O)CCOc2ccc(C)cc2)cc1. The molecule has 0 aliphatic rings. The van der Waals surface area contributed by atoms with Crippen molar-refractivity contribution in [3.05, 3.63) is 59.7 Å². The Hall–Kier alpha value is -2.49. The van der Waals surface area contributed by atoms with E-state index in [0.717, 1.165) is 11.5 Å². The molecule has 0 aliphatic heterocycles. The molecule has 0 bridgehead atoms. The average Bonchev–Trinajstić information content (AvgIpc) is 2.55. The predicted octanol–water partition coefficient (Wildman–Crippen LogP) is 3.69. The Morgan fingerprint density at radius 1 is 0.739 bits per heavy atom. The lowest BCUT2D eigenvalue weighted by molar-refractivity contribution is -0.144. The number of hydrogen-bond acceptors (Lipinski definition) is 4. The van der Waals surface area contributed by atoms with Gasteiger partial charge in [0.05, 0.1) is 13.0 Å². The zero-order chi connectivity index (χ0) is 16.5. The molecule has 2 aromatic carbocycles. The summed E-state index contributed by atoms with van der Waals surface area (Å²) >= 11 is 0. The molecule has 4 heteroatoms. The van der Waals surface area contributed by atoms with E-state index in [-0.39, 0.29) is 19.0 Å². The fraction of sp³-hybridized carbons (Fsp3) is 0.316.